The molecule has 198 valence electrons. The molecule has 1 atom stereocenters. The Labute approximate surface area is 223 Å². The van der Waals surface area contributed by atoms with Gasteiger partial charge in [0.15, 0.2) is 5.75 Å². The number of carbonyl (C=O) groups is 2. The molecule has 1 aromatic carbocycles. The molecule has 2 amide bonds. The third-order valence-electron chi connectivity index (χ3n) is 8.42. The van der Waals surface area contributed by atoms with E-state index < -0.39 is 0 Å². The van der Waals surface area contributed by atoms with Crippen molar-refractivity contribution in [1.82, 2.24) is 14.5 Å². The van der Waals surface area contributed by atoms with Gasteiger partial charge in [-0.2, -0.15) is 5.26 Å². The van der Waals surface area contributed by atoms with Gasteiger partial charge in [-0.25, -0.2) is 4.98 Å². The molecule has 0 radical (unpaired) electrons. The Morgan fingerprint density at radius 3 is 2.61 bits per heavy atom. The molecule has 5 rings (SSSR count). The molecule has 3 aromatic rings. The number of aryl methyl sites for hydroxylation is 1. The second-order valence-electron chi connectivity index (χ2n) is 10.7. The normalized spacial score (nSPS) is 17.4. The van der Waals surface area contributed by atoms with Crippen molar-refractivity contribution in [2.24, 2.45) is 18.9 Å². The molecule has 2 fully saturated rings. The SMILES string of the molecule is COc1c(NC(=O)c2cccc(C#N)c2)cnc2c1c(C1CCN(C(=O)[C@H](C)C3CCCC3)CC1)cn2C. The third-order valence-corrected chi connectivity index (χ3v) is 8.42. The van der Waals surface area contributed by atoms with Crippen molar-refractivity contribution in [2.45, 2.75) is 51.4 Å². The first kappa shape index (κ1) is 25.8. The van der Waals surface area contributed by atoms with Crippen LogP contribution in [0.1, 0.15) is 72.9 Å². The van der Waals surface area contributed by atoms with Crippen molar-refractivity contribution in [2.75, 3.05) is 25.5 Å². The number of nitriles is 1. The van der Waals surface area contributed by atoms with E-state index >= 15 is 0 Å². The highest BCUT2D eigenvalue weighted by Crippen LogP contribution is 2.42. The fourth-order valence-corrected chi connectivity index (χ4v) is 6.24. The largest absolute Gasteiger partial charge is 0.494 e. The molecule has 38 heavy (non-hydrogen) atoms. The number of carbonyl (C=O) groups excluding carboxylic acids is 2. The molecule has 0 unspecified atom stereocenters. The zero-order valence-electron chi connectivity index (χ0n) is 22.4. The summed E-state index contributed by atoms with van der Waals surface area (Å²) in [6, 6.07) is 8.65. The molecular formula is C30H35N5O3. The summed E-state index contributed by atoms with van der Waals surface area (Å²) in [6.07, 6.45) is 10.3. The first-order valence-electron chi connectivity index (χ1n) is 13.5. The molecular weight excluding hydrogens is 478 g/mol. The number of anilines is 1. The predicted octanol–water partition coefficient (Wildman–Crippen LogP) is 5.24. The minimum Gasteiger partial charge on any atom is -0.494 e. The van der Waals surface area contributed by atoms with Crippen LogP contribution in [0.25, 0.3) is 11.0 Å². The second kappa shape index (κ2) is 10.9. The summed E-state index contributed by atoms with van der Waals surface area (Å²) in [5.74, 6) is 1.45. The van der Waals surface area contributed by atoms with Crippen molar-refractivity contribution in [3.63, 3.8) is 0 Å². The second-order valence-corrected chi connectivity index (χ2v) is 10.7. The van der Waals surface area contributed by atoms with Gasteiger partial charge in [0, 0.05) is 37.8 Å². The zero-order valence-corrected chi connectivity index (χ0v) is 22.4. The van der Waals surface area contributed by atoms with E-state index in [4.69, 9.17) is 4.74 Å². The van der Waals surface area contributed by atoms with Gasteiger partial charge in [0.25, 0.3) is 5.91 Å². The highest BCUT2D eigenvalue weighted by atomic mass is 16.5. The molecule has 0 spiro atoms. The van der Waals surface area contributed by atoms with Crippen LogP contribution in [-0.2, 0) is 11.8 Å². The molecule has 1 saturated heterocycles. The van der Waals surface area contributed by atoms with E-state index in [1.165, 1.54) is 25.7 Å². The number of ether oxygens (including phenoxy) is 1. The van der Waals surface area contributed by atoms with E-state index in [-0.39, 0.29) is 17.7 Å². The Hall–Kier alpha value is -3.86. The topological polar surface area (TPSA) is 100 Å². The number of fused-ring (bicyclic) bond motifs is 1. The summed E-state index contributed by atoms with van der Waals surface area (Å²) >= 11 is 0. The molecule has 8 heteroatoms. The van der Waals surface area contributed by atoms with E-state index in [1.54, 1.807) is 37.6 Å². The van der Waals surface area contributed by atoms with Gasteiger partial charge in [-0.3, -0.25) is 9.59 Å². The fourth-order valence-electron chi connectivity index (χ4n) is 6.24. The van der Waals surface area contributed by atoms with Crippen LogP contribution in [0.15, 0.2) is 36.7 Å². The standard InChI is InChI=1S/C30H35N5O3/c1-19(21-8-4-5-9-21)30(37)35-13-11-22(12-14-35)24-18-34(2)28-26(24)27(38-3)25(17-32-28)33-29(36)23-10-6-7-20(15-23)16-31/h6-7,10,15,17-19,21-22H,4-5,8-9,11-14H2,1-3H3,(H,33,36)/t19-/m1/s1. The molecule has 8 nitrogen and oxygen atoms in total. The van der Waals surface area contributed by atoms with Gasteiger partial charge in [-0.05, 0) is 61.3 Å². The summed E-state index contributed by atoms with van der Waals surface area (Å²) < 4.78 is 7.84. The Bertz CT molecular complexity index is 1390. The lowest BCUT2D eigenvalue weighted by atomic mass is 9.87. The Kier molecular flexibility index (Phi) is 7.37. The van der Waals surface area contributed by atoms with Gasteiger partial charge in [-0.1, -0.05) is 25.8 Å². The number of hydrogen-bond donors (Lipinski definition) is 1. The van der Waals surface area contributed by atoms with E-state index in [0.717, 1.165) is 42.5 Å². The summed E-state index contributed by atoms with van der Waals surface area (Å²) in [5.41, 5.74) is 3.22. The molecule has 1 aliphatic heterocycles. The number of pyridine rings is 1. The Balaban J connectivity index is 1.37. The average Bonchev–Trinajstić information content (AvgIpc) is 3.61. The summed E-state index contributed by atoms with van der Waals surface area (Å²) in [7, 11) is 3.56. The summed E-state index contributed by atoms with van der Waals surface area (Å²) in [4.78, 5) is 32.9. The minimum atomic E-state index is -0.331. The number of aromatic nitrogens is 2. The van der Waals surface area contributed by atoms with Crippen LogP contribution in [-0.4, -0.2) is 46.5 Å². The van der Waals surface area contributed by atoms with Crippen molar-refractivity contribution < 1.29 is 14.3 Å². The van der Waals surface area contributed by atoms with Crippen LogP contribution in [0.4, 0.5) is 5.69 Å². The van der Waals surface area contributed by atoms with Crippen molar-refractivity contribution in [1.29, 1.82) is 5.26 Å². The zero-order chi connectivity index (χ0) is 26.8. The van der Waals surface area contributed by atoms with Crippen molar-refractivity contribution in [3.05, 3.63) is 53.3 Å². The maximum atomic E-state index is 13.2. The van der Waals surface area contributed by atoms with Crippen LogP contribution in [0.3, 0.4) is 0 Å². The first-order valence-corrected chi connectivity index (χ1v) is 13.5. The van der Waals surface area contributed by atoms with Gasteiger partial charge in [-0.15, -0.1) is 0 Å². The van der Waals surface area contributed by atoms with Gasteiger partial charge in [0.1, 0.15) is 11.3 Å². The quantitative estimate of drug-likeness (QED) is 0.486. The lowest BCUT2D eigenvalue weighted by molar-refractivity contribution is -0.137. The number of hydrogen-bond acceptors (Lipinski definition) is 5. The molecule has 1 saturated carbocycles. The average molecular weight is 514 g/mol. The smallest absolute Gasteiger partial charge is 0.255 e. The van der Waals surface area contributed by atoms with Crippen molar-refractivity contribution >= 4 is 28.5 Å². The van der Waals surface area contributed by atoms with Gasteiger partial charge >= 0.3 is 0 Å². The number of rotatable bonds is 6. The van der Waals surface area contributed by atoms with Gasteiger partial charge < -0.3 is 19.5 Å². The number of methoxy groups -OCH3 is 1. The third kappa shape index (κ3) is 4.85. The molecule has 2 aromatic heterocycles. The summed E-state index contributed by atoms with van der Waals surface area (Å²) in [6.45, 7) is 3.61. The molecule has 3 heterocycles. The maximum Gasteiger partial charge on any atom is 0.255 e. The van der Waals surface area contributed by atoms with Crippen molar-refractivity contribution in [3.8, 4) is 11.8 Å². The molecule has 0 bridgehead atoms. The highest BCUT2D eigenvalue weighted by molar-refractivity contribution is 6.07. The number of piperidine rings is 1. The van der Waals surface area contributed by atoms with E-state index in [2.05, 4.69) is 34.4 Å². The number of nitrogens with zero attached hydrogens (tertiary/aromatic N) is 4. The lowest BCUT2D eigenvalue weighted by Crippen LogP contribution is -2.42. The Morgan fingerprint density at radius 2 is 1.92 bits per heavy atom. The van der Waals surface area contributed by atoms with Crippen LogP contribution in [0, 0.1) is 23.2 Å². The lowest BCUT2D eigenvalue weighted by Gasteiger charge is -2.35. The van der Waals surface area contributed by atoms with Gasteiger partial charge in [0.05, 0.1) is 30.3 Å². The molecule has 1 N–H and O–H groups in total. The van der Waals surface area contributed by atoms with Gasteiger partial charge in [0.2, 0.25) is 5.91 Å². The van der Waals surface area contributed by atoms with E-state index in [1.807, 2.05) is 11.6 Å². The maximum absolute atomic E-state index is 13.2. The van der Waals surface area contributed by atoms with E-state index in [0.29, 0.717) is 34.4 Å². The van der Waals surface area contributed by atoms with Crippen LogP contribution in [0.2, 0.25) is 0 Å². The highest BCUT2D eigenvalue weighted by Gasteiger charge is 2.33. The fraction of sp³-hybridized carbons (Fsp3) is 0.467. The number of likely N-dealkylation sites (tertiary alicyclic amines) is 1. The van der Waals surface area contributed by atoms with Crippen LogP contribution < -0.4 is 10.1 Å². The predicted molar refractivity (Wildman–Crippen MR) is 146 cm³/mol. The number of amides is 2. The monoisotopic (exact) mass is 513 g/mol. The molecule has 1 aliphatic carbocycles. The Morgan fingerprint density at radius 1 is 1.18 bits per heavy atom. The van der Waals surface area contributed by atoms with E-state index in [9.17, 15) is 14.9 Å². The molecule has 2 aliphatic rings. The minimum absolute atomic E-state index is 0.107. The first-order chi connectivity index (χ1) is 18.4. The summed E-state index contributed by atoms with van der Waals surface area (Å²) in [5, 5.41) is 13.0. The number of benzene rings is 1. The van der Waals surface area contributed by atoms with Crippen LogP contribution >= 0.6 is 0 Å². The van der Waals surface area contributed by atoms with Crippen LogP contribution in [0.5, 0.6) is 5.75 Å². The number of nitrogens with one attached hydrogen (secondary N) is 1.